The molecule has 1 saturated carbocycles. The van der Waals surface area contributed by atoms with Gasteiger partial charge in [0.25, 0.3) is 0 Å². The number of pyridine rings is 1. The van der Waals surface area contributed by atoms with Crippen molar-refractivity contribution in [2.75, 3.05) is 6.54 Å². The summed E-state index contributed by atoms with van der Waals surface area (Å²) in [6.45, 7) is 0.176. The molecule has 3 aromatic heterocycles. The summed E-state index contributed by atoms with van der Waals surface area (Å²) in [5.41, 5.74) is 5.74. The number of ether oxygens (including phenoxy) is 1. The molecule has 5 heterocycles. The standard InChI is InChI=1S/C29H34N6O5S/c1-34-12-11-32-25(34)23-14-20-24(41-23)22(9-10-31-20)40-18-13-21-26(36)33-29(28(38)39)15-17(29)7-5-3-2-4-6-8-19(30)27(37)35(21)16-18/h5,7,9-12,14,17-19,21H,2-4,6,8,13,15-16,30H2,1H3,(H,33,36)(H,38,39)/t17-,18-,19+,21+,29-/m1/s1. The van der Waals surface area contributed by atoms with Crippen molar-refractivity contribution < 1.29 is 24.2 Å². The van der Waals surface area contributed by atoms with Gasteiger partial charge in [0.15, 0.2) is 0 Å². The molecule has 4 N–H and O–H groups in total. The van der Waals surface area contributed by atoms with Crippen LogP contribution >= 0.6 is 11.3 Å². The predicted octanol–water partition coefficient (Wildman–Crippen LogP) is 2.85. The summed E-state index contributed by atoms with van der Waals surface area (Å²) in [6.07, 6.45) is 13.3. The molecule has 12 heteroatoms. The zero-order valence-electron chi connectivity index (χ0n) is 22.9. The van der Waals surface area contributed by atoms with Gasteiger partial charge in [-0.2, -0.15) is 0 Å². The molecule has 0 spiro atoms. The second-order valence-corrected chi connectivity index (χ2v) is 12.3. The minimum atomic E-state index is -1.35. The second-order valence-electron chi connectivity index (χ2n) is 11.2. The predicted molar refractivity (Wildman–Crippen MR) is 153 cm³/mol. The Hall–Kier alpha value is -3.77. The highest BCUT2D eigenvalue weighted by Gasteiger charge is 2.61. The summed E-state index contributed by atoms with van der Waals surface area (Å²) in [4.78, 5) is 50.7. The van der Waals surface area contributed by atoms with Crippen molar-refractivity contribution in [1.29, 1.82) is 0 Å². The number of nitrogens with zero attached hydrogens (tertiary/aromatic N) is 4. The molecule has 5 atom stereocenters. The van der Waals surface area contributed by atoms with Gasteiger partial charge in [0.05, 0.1) is 27.7 Å². The Morgan fingerprint density at radius 3 is 2.88 bits per heavy atom. The van der Waals surface area contributed by atoms with E-state index in [1.165, 1.54) is 16.2 Å². The van der Waals surface area contributed by atoms with E-state index in [1.54, 1.807) is 18.5 Å². The molecule has 6 rings (SSSR count). The number of carbonyl (C=O) groups is 3. The number of aliphatic carboxylic acids is 1. The summed E-state index contributed by atoms with van der Waals surface area (Å²) in [6, 6.07) is 2.13. The number of thiophene rings is 1. The molecule has 0 unspecified atom stereocenters. The van der Waals surface area contributed by atoms with Gasteiger partial charge in [0, 0.05) is 38.0 Å². The van der Waals surface area contributed by atoms with Crippen LogP contribution in [0.5, 0.6) is 5.75 Å². The van der Waals surface area contributed by atoms with E-state index in [9.17, 15) is 19.5 Å². The van der Waals surface area contributed by atoms with Crippen molar-refractivity contribution in [2.45, 2.75) is 68.7 Å². The number of hydrogen-bond donors (Lipinski definition) is 3. The Labute approximate surface area is 241 Å². The molecule has 2 amide bonds. The first-order valence-electron chi connectivity index (χ1n) is 14.1. The zero-order chi connectivity index (χ0) is 28.7. The molecule has 3 aliphatic rings. The average molecular weight is 579 g/mol. The van der Waals surface area contributed by atoms with E-state index in [-0.39, 0.29) is 24.8 Å². The van der Waals surface area contributed by atoms with Crippen LogP contribution in [-0.2, 0) is 21.4 Å². The summed E-state index contributed by atoms with van der Waals surface area (Å²) in [5, 5.41) is 12.8. The third-order valence-electron chi connectivity index (χ3n) is 8.37. The summed E-state index contributed by atoms with van der Waals surface area (Å²) in [7, 11) is 1.93. The number of aryl methyl sites for hydroxylation is 1. The van der Waals surface area contributed by atoms with E-state index in [0.717, 1.165) is 46.6 Å². The highest BCUT2D eigenvalue weighted by molar-refractivity contribution is 7.22. The number of nitrogens with two attached hydrogens (primary N) is 1. The van der Waals surface area contributed by atoms with Crippen LogP contribution in [0.4, 0.5) is 0 Å². The number of aromatic nitrogens is 3. The SMILES string of the molecule is Cn1ccnc1-c1cc2nccc(O[C@@H]3C[C@H]4C(=O)N[C@]5(C(=O)O)C[C@H]5C=CCCCCC[C@H](N)C(=O)N4C3)c2s1. The maximum atomic E-state index is 13.6. The van der Waals surface area contributed by atoms with Crippen LogP contribution in [-0.4, -0.2) is 72.6 Å². The Balaban J connectivity index is 1.27. The van der Waals surface area contributed by atoms with Gasteiger partial charge in [-0.25, -0.2) is 9.78 Å². The lowest BCUT2D eigenvalue weighted by atomic mass is 10.1. The van der Waals surface area contributed by atoms with Gasteiger partial charge >= 0.3 is 5.97 Å². The largest absolute Gasteiger partial charge is 0.487 e. The van der Waals surface area contributed by atoms with Crippen LogP contribution in [0.1, 0.15) is 44.9 Å². The number of carboxylic acids is 1. The fourth-order valence-electron chi connectivity index (χ4n) is 5.94. The Morgan fingerprint density at radius 1 is 1.24 bits per heavy atom. The molecule has 0 aromatic carbocycles. The maximum Gasteiger partial charge on any atom is 0.330 e. The molecule has 1 saturated heterocycles. The van der Waals surface area contributed by atoms with Gasteiger partial charge in [-0.3, -0.25) is 14.6 Å². The van der Waals surface area contributed by atoms with Gasteiger partial charge in [-0.05, 0) is 37.8 Å². The van der Waals surface area contributed by atoms with Gasteiger partial charge in [-0.15, -0.1) is 11.3 Å². The first-order valence-corrected chi connectivity index (χ1v) is 14.9. The highest BCUT2D eigenvalue weighted by atomic mass is 32.1. The molecular formula is C29H34N6O5S. The first-order chi connectivity index (χ1) is 19.8. The van der Waals surface area contributed by atoms with E-state index in [4.69, 9.17) is 10.5 Å². The number of rotatable bonds is 4. The minimum Gasteiger partial charge on any atom is -0.487 e. The van der Waals surface area contributed by atoms with Gasteiger partial charge in [-0.1, -0.05) is 25.0 Å². The molecule has 3 aromatic rings. The van der Waals surface area contributed by atoms with Crippen molar-refractivity contribution in [3.63, 3.8) is 0 Å². The second kappa shape index (κ2) is 10.9. The molecule has 0 bridgehead atoms. The van der Waals surface area contributed by atoms with Gasteiger partial charge in [0.2, 0.25) is 11.8 Å². The summed E-state index contributed by atoms with van der Waals surface area (Å²) >= 11 is 1.51. The molecule has 2 fully saturated rings. The topological polar surface area (TPSA) is 153 Å². The summed E-state index contributed by atoms with van der Waals surface area (Å²) in [5.74, 6) is -0.703. The van der Waals surface area contributed by atoms with Crippen LogP contribution in [0.3, 0.4) is 0 Å². The van der Waals surface area contributed by atoms with E-state index < -0.39 is 35.6 Å². The molecule has 2 aliphatic heterocycles. The smallest absolute Gasteiger partial charge is 0.330 e. The molecular weight excluding hydrogens is 544 g/mol. The fourth-order valence-corrected chi connectivity index (χ4v) is 7.05. The minimum absolute atomic E-state index is 0.176. The van der Waals surface area contributed by atoms with Crippen LogP contribution in [0.25, 0.3) is 20.9 Å². The van der Waals surface area contributed by atoms with Crippen molar-refractivity contribution in [2.24, 2.45) is 18.7 Å². The molecule has 41 heavy (non-hydrogen) atoms. The van der Waals surface area contributed by atoms with E-state index in [2.05, 4.69) is 15.3 Å². The number of carbonyl (C=O) groups excluding carboxylic acids is 2. The van der Waals surface area contributed by atoms with Crippen LogP contribution in [0.15, 0.2) is 42.9 Å². The lowest BCUT2D eigenvalue weighted by Crippen LogP contribution is -2.55. The molecule has 0 radical (unpaired) electrons. The van der Waals surface area contributed by atoms with Gasteiger partial charge in [0.1, 0.15) is 29.3 Å². The number of hydrogen-bond acceptors (Lipinski definition) is 8. The normalized spacial score (nSPS) is 28.9. The number of carboxylic acid groups (broad SMARTS) is 1. The van der Waals surface area contributed by atoms with Crippen LogP contribution in [0, 0.1) is 5.92 Å². The molecule has 1 aliphatic carbocycles. The molecule has 216 valence electrons. The lowest BCUT2D eigenvalue weighted by molar-refractivity contribution is -0.145. The Morgan fingerprint density at radius 2 is 2.10 bits per heavy atom. The van der Waals surface area contributed by atoms with Crippen molar-refractivity contribution in [3.8, 4) is 16.5 Å². The van der Waals surface area contributed by atoms with E-state index >= 15 is 0 Å². The maximum absolute atomic E-state index is 13.6. The van der Waals surface area contributed by atoms with Crippen molar-refractivity contribution >= 4 is 39.3 Å². The monoisotopic (exact) mass is 578 g/mol. The fraction of sp³-hybridized carbons (Fsp3) is 0.483. The third kappa shape index (κ3) is 5.21. The number of allylic oxidation sites excluding steroid dienone is 1. The Bertz CT molecular complexity index is 1520. The zero-order valence-corrected chi connectivity index (χ0v) is 23.7. The number of imidazole rings is 1. The van der Waals surface area contributed by atoms with E-state index in [0.29, 0.717) is 18.6 Å². The molecule has 11 nitrogen and oxygen atoms in total. The summed E-state index contributed by atoms with van der Waals surface area (Å²) < 4.78 is 9.22. The van der Waals surface area contributed by atoms with Crippen LogP contribution < -0.4 is 15.8 Å². The lowest BCUT2D eigenvalue weighted by Gasteiger charge is -2.27. The third-order valence-corrected chi connectivity index (χ3v) is 9.51. The van der Waals surface area contributed by atoms with Crippen molar-refractivity contribution in [1.82, 2.24) is 24.8 Å². The number of nitrogens with one attached hydrogen (secondary N) is 1. The first kappa shape index (κ1) is 27.4. The highest BCUT2D eigenvalue weighted by Crippen LogP contribution is 2.45. The van der Waals surface area contributed by atoms with E-state index in [1.807, 2.05) is 36.0 Å². The quantitative estimate of drug-likeness (QED) is 0.400. The Kier molecular flexibility index (Phi) is 7.28. The number of amides is 2. The number of fused-ring (bicyclic) bond motifs is 3. The van der Waals surface area contributed by atoms with Gasteiger partial charge < -0.3 is 30.4 Å². The van der Waals surface area contributed by atoms with Crippen molar-refractivity contribution in [3.05, 3.63) is 42.9 Å². The van der Waals surface area contributed by atoms with Crippen LogP contribution in [0.2, 0.25) is 0 Å². The average Bonchev–Trinajstić information content (AvgIpc) is 3.30.